The lowest BCUT2D eigenvalue weighted by Crippen LogP contribution is -2.49. The SMILES string of the molecule is CCC1CC2CCCC(C1)C21c2cc(-c3ccccc3)ccc2-c2c(N(c3ccc4c(c3)C(C)(C)c3ccccc3-4)c3ccc4c(c3)C3(c5ccccc5-4)C4CCC5CC3CC5C4)cccc21. The Morgan fingerprint density at radius 3 is 1.79 bits per heavy atom. The van der Waals surface area contributed by atoms with Crippen LogP contribution in [-0.2, 0) is 16.2 Å². The Morgan fingerprint density at radius 2 is 1.01 bits per heavy atom. The van der Waals surface area contributed by atoms with Crippen molar-refractivity contribution in [1.29, 1.82) is 0 Å². The fourth-order valence-electron chi connectivity index (χ4n) is 18.0. The van der Waals surface area contributed by atoms with Crippen LogP contribution in [0.5, 0.6) is 0 Å². The molecule has 0 amide bonds. The third-order valence-corrected chi connectivity index (χ3v) is 20.6. The van der Waals surface area contributed by atoms with Crippen LogP contribution in [0.4, 0.5) is 17.1 Å². The van der Waals surface area contributed by atoms with E-state index in [4.69, 9.17) is 0 Å². The third-order valence-electron chi connectivity index (χ3n) is 20.6. The Bertz CT molecular complexity index is 3160. The highest BCUT2D eigenvalue weighted by atomic mass is 15.1. The molecule has 332 valence electrons. The summed E-state index contributed by atoms with van der Waals surface area (Å²) in [5, 5.41) is 0. The molecule has 1 heteroatoms. The Morgan fingerprint density at radius 1 is 0.433 bits per heavy atom. The van der Waals surface area contributed by atoms with Crippen molar-refractivity contribution in [3.8, 4) is 44.5 Å². The van der Waals surface area contributed by atoms with Crippen LogP contribution in [0.1, 0.15) is 125 Å². The monoisotopic (exact) mass is 869 g/mol. The molecule has 0 aliphatic heterocycles. The Labute approximate surface area is 398 Å². The van der Waals surface area contributed by atoms with Crippen molar-refractivity contribution in [2.45, 2.75) is 108 Å². The van der Waals surface area contributed by atoms with E-state index < -0.39 is 0 Å². The van der Waals surface area contributed by atoms with Gasteiger partial charge in [-0.1, -0.05) is 149 Å². The molecule has 5 bridgehead atoms. The van der Waals surface area contributed by atoms with E-state index in [1.165, 1.54) is 143 Å². The van der Waals surface area contributed by atoms with Crippen molar-refractivity contribution in [3.05, 3.63) is 185 Å². The summed E-state index contributed by atoms with van der Waals surface area (Å²) in [4.78, 5) is 2.76. The molecule has 15 rings (SSSR count). The van der Waals surface area contributed by atoms with Gasteiger partial charge in [0.05, 0.1) is 5.69 Å². The van der Waals surface area contributed by atoms with Gasteiger partial charge in [0.25, 0.3) is 0 Å². The lowest BCUT2D eigenvalue weighted by Gasteiger charge is -2.55. The predicted octanol–water partition coefficient (Wildman–Crippen LogP) is 17.4. The minimum Gasteiger partial charge on any atom is -0.310 e. The van der Waals surface area contributed by atoms with Crippen LogP contribution in [0, 0.1) is 41.4 Å². The standard InChI is InChI=1S/C66H63N/c1-4-40-32-45-16-12-17-46(33-40)65(45)58-22-13-23-62(63(58)55-29-25-43(37-60(55)65)41-14-6-5-7-15-41)67(49-27-30-53-51-18-8-10-20-56(51)64(2,3)59(53)38-49)50-28-31-54-52-19-9-11-21-57(52)66(61(54)39-50)47-26-24-42-34-48(66)36-44(42)35-47/h5-11,13-15,18-23,25,27-31,37-40,42,44-48H,4,12,16-17,24,26,32-36H2,1-3H3. The van der Waals surface area contributed by atoms with Crippen molar-refractivity contribution >= 4 is 17.1 Å². The highest BCUT2D eigenvalue weighted by molar-refractivity contribution is 5.98. The van der Waals surface area contributed by atoms with Gasteiger partial charge < -0.3 is 4.90 Å². The van der Waals surface area contributed by atoms with Crippen LogP contribution < -0.4 is 4.90 Å². The minimum absolute atomic E-state index is 0.0202. The van der Waals surface area contributed by atoms with Gasteiger partial charge in [0.2, 0.25) is 0 Å². The molecular weight excluding hydrogens is 807 g/mol. The van der Waals surface area contributed by atoms with Crippen LogP contribution in [-0.4, -0.2) is 0 Å². The van der Waals surface area contributed by atoms with Crippen molar-refractivity contribution in [1.82, 2.24) is 0 Å². The Balaban J connectivity index is 0.994. The molecule has 0 aromatic heterocycles. The first kappa shape index (κ1) is 39.3. The van der Waals surface area contributed by atoms with Crippen LogP contribution in [0.15, 0.2) is 152 Å². The lowest BCUT2D eigenvalue weighted by atomic mass is 9.49. The topological polar surface area (TPSA) is 3.24 Å². The molecule has 5 fully saturated rings. The summed E-state index contributed by atoms with van der Waals surface area (Å²) in [5.41, 5.74) is 24.7. The molecule has 5 saturated carbocycles. The van der Waals surface area contributed by atoms with Crippen molar-refractivity contribution in [2.75, 3.05) is 4.90 Å². The lowest BCUT2D eigenvalue weighted by molar-refractivity contribution is 0.0492. The number of hydrogen-bond donors (Lipinski definition) is 0. The van der Waals surface area contributed by atoms with E-state index in [1.807, 2.05) is 0 Å². The third kappa shape index (κ3) is 5.02. The van der Waals surface area contributed by atoms with Gasteiger partial charge in [-0.2, -0.15) is 0 Å². The first-order valence-corrected chi connectivity index (χ1v) is 26.5. The molecule has 8 aliphatic rings. The molecule has 0 heterocycles. The zero-order valence-corrected chi connectivity index (χ0v) is 39.7. The molecule has 2 spiro atoms. The molecule has 1 nitrogen and oxygen atoms in total. The number of nitrogens with zero attached hydrogens (tertiary/aromatic N) is 1. The number of benzene rings is 7. The average Bonchev–Trinajstić information content (AvgIpc) is 4.01. The van der Waals surface area contributed by atoms with E-state index in [2.05, 4.69) is 177 Å². The van der Waals surface area contributed by atoms with E-state index in [1.54, 1.807) is 22.3 Å². The van der Waals surface area contributed by atoms with Crippen molar-refractivity contribution < 1.29 is 0 Å². The van der Waals surface area contributed by atoms with E-state index in [0.29, 0.717) is 17.8 Å². The molecule has 0 N–H and O–H groups in total. The van der Waals surface area contributed by atoms with Crippen LogP contribution >= 0.6 is 0 Å². The maximum Gasteiger partial charge on any atom is 0.0543 e. The second-order valence-corrected chi connectivity index (χ2v) is 23.3. The highest BCUT2D eigenvalue weighted by Gasteiger charge is 2.63. The Hall–Kier alpha value is -5.66. The van der Waals surface area contributed by atoms with Gasteiger partial charge in [0, 0.05) is 33.2 Å². The molecule has 0 radical (unpaired) electrons. The van der Waals surface area contributed by atoms with Gasteiger partial charge >= 0.3 is 0 Å². The summed E-state index contributed by atoms with van der Waals surface area (Å²) in [7, 11) is 0. The zero-order chi connectivity index (χ0) is 44.4. The predicted molar refractivity (Wildman–Crippen MR) is 277 cm³/mol. The second-order valence-electron chi connectivity index (χ2n) is 23.3. The number of anilines is 3. The summed E-state index contributed by atoms with van der Waals surface area (Å²) in [6.45, 7) is 7.35. The van der Waals surface area contributed by atoms with E-state index in [9.17, 15) is 0 Å². The van der Waals surface area contributed by atoms with Gasteiger partial charge in [-0.15, -0.1) is 0 Å². The maximum absolute atomic E-state index is 2.76. The van der Waals surface area contributed by atoms with E-state index in [0.717, 1.165) is 23.7 Å². The van der Waals surface area contributed by atoms with E-state index in [-0.39, 0.29) is 16.2 Å². The first-order chi connectivity index (χ1) is 32.9. The van der Waals surface area contributed by atoms with Crippen LogP contribution in [0.3, 0.4) is 0 Å². The van der Waals surface area contributed by atoms with Gasteiger partial charge in [0.15, 0.2) is 0 Å². The summed E-state index contributed by atoms with van der Waals surface area (Å²) < 4.78 is 0. The van der Waals surface area contributed by atoms with Crippen LogP contribution in [0.2, 0.25) is 0 Å². The molecular formula is C66H63N. The molecule has 7 unspecified atom stereocenters. The summed E-state index contributed by atoms with van der Waals surface area (Å²) in [6, 6.07) is 60.7. The van der Waals surface area contributed by atoms with E-state index >= 15 is 0 Å². The van der Waals surface area contributed by atoms with Crippen molar-refractivity contribution in [2.24, 2.45) is 41.4 Å². The molecule has 67 heavy (non-hydrogen) atoms. The molecule has 8 aliphatic carbocycles. The first-order valence-electron chi connectivity index (χ1n) is 26.5. The summed E-state index contributed by atoms with van der Waals surface area (Å²) in [6.07, 6.45) is 15.0. The highest BCUT2D eigenvalue weighted by Crippen LogP contribution is 2.71. The van der Waals surface area contributed by atoms with Crippen LogP contribution in [0.25, 0.3) is 44.5 Å². The zero-order valence-electron chi connectivity index (χ0n) is 39.7. The number of hydrogen-bond acceptors (Lipinski definition) is 1. The molecule has 0 saturated heterocycles. The van der Waals surface area contributed by atoms with Crippen molar-refractivity contribution in [3.63, 3.8) is 0 Å². The largest absolute Gasteiger partial charge is 0.310 e. The molecule has 7 aromatic rings. The average molecular weight is 870 g/mol. The normalized spacial score (nSPS) is 30.2. The minimum atomic E-state index is -0.101. The van der Waals surface area contributed by atoms with Gasteiger partial charge in [0.1, 0.15) is 0 Å². The quantitative estimate of drug-likeness (QED) is 0.167. The smallest absolute Gasteiger partial charge is 0.0543 e. The van der Waals surface area contributed by atoms with Gasteiger partial charge in [-0.25, -0.2) is 0 Å². The molecule has 7 atom stereocenters. The summed E-state index contributed by atoms with van der Waals surface area (Å²) >= 11 is 0. The number of rotatable bonds is 5. The van der Waals surface area contributed by atoms with Gasteiger partial charge in [-0.3, -0.25) is 0 Å². The fraction of sp³-hybridized carbons (Fsp3) is 0.364. The van der Waals surface area contributed by atoms with Gasteiger partial charge in [-0.05, 0) is 208 Å². The maximum atomic E-state index is 2.76. The Kier molecular flexibility index (Phi) is 8.20. The molecule has 7 aromatic carbocycles. The number of fused-ring (bicyclic) bond motifs is 15. The fourth-order valence-corrected chi connectivity index (χ4v) is 18.0. The summed E-state index contributed by atoms with van der Waals surface area (Å²) in [5.74, 6) is 5.39. The second kappa shape index (κ2) is 14.0.